The van der Waals surface area contributed by atoms with Crippen LogP contribution in [0.4, 0.5) is 0 Å². The number of rotatable bonds is 31. The van der Waals surface area contributed by atoms with Crippen molar-refractivity contribution < 1.29 is 28.6 Å². The van der Waals surface area contributed by atoms with E-state index in [-0.39, 0.29) is 31.6 Å². The van der Waals surface area contributed by atoms with E-state index in [9.17, 15) is 14.4 Å². The summed E-state index contributed by atoms with van der Waals surface area (Å²) in [6, 6.07) is 0. The topological polar surface area (TPSA) is 78.9 Å². The highest BCUT2D eigenvalue weighted by Gasteiger charge is 2.19. The molecule has 0 spiro atoms. The molecule has 266 valence electrons. The van der Waals surface area contributed by atoms with Crippen LogP contribution in [0.5, 0.6) is 0 Å². The van der Waals surface area contributed by atoms with Crippen LogP contribution in [-0.2, 0) is 28.6 Å². The molecule has 0 radical (unpaired) electrons. The SMILES string of the molecule is CC/C=C\C/C=C\C/C=C\CC(=O)OC(COC(=O)CCCC/C=C\C/C=C\CC)COC(=O)CCCCCCC/C=C\CCCC. The van der Waals surface area contributed by atoms with Crippen molar-refractivity contribution in [1.29, 1.82) is 0 Å². The summed E-state index contributed by atoms with van der Waals surface area (Å²) in [5.74, 6) is -1.12. The van der Waals surface area contributed by atoms with Gasteiger partial charge in [-0.3, -0.25) is 14.4 Å². The van der Waals surface area contributed by atoms with E-state index in [1.165, 1.54) is 25.7 Å². The molecule has 0 aliphatic heterocycles. The standard InChI is InChI=1S/C41H66O6/c1-4-7-10-13-16-19-20-23-25-28-31-34-40(43)46-37-38(47-41(44)35-32-29-26-22-18-15-12-9-6-3)36-45-39(42)33-30-27-24-21-17-14-11-8-5-2/h8-9,11-13,16-18,21-22,29,32,38H,4-7,10,14-15,19-20,23-28,30-31,33-37H2,1-3H3/b11-8-,12-9-,16-13-,21-17-,22-18-,32-29-. The van der Waals surface area contributed by atoms with Crippen LogP contribution in [0.25, 0.3) is 0 Å². The summed E-state index contributed by atoms with van der Waals surface area (Å²) >= 11 is 0. The maximum absolute atomic E-state index is 12.5. The average molecular weight is 655 g/mol. The summed E-state index contributed by atoms with van der Waals surface area (Å²) in [6.07, 6.45) is 42.2. The van der Waals surface area contributed by atoms with E-state index < -0.39 is 12.1 Å². The number of hydrogen-bond donors (Lipinski definition) is 0. The van der Waals surface area contributed by atoms with E-state index in [1.54, 1.807) is 6.08 Å². The molecule has 0 bridgehead atoms. The minimum atomic E-state index is -0.835. The van der Waals surface area contributed by atoms with Gasteiger partial charge < -0.3 is 14.2 Å². The van der Waals surface area contributed by atoms with Gasteiger partial charge in [0.2, 0.25) is 0 Å². The smallest absolute Gasteiger partial charge is 0.310 e. The highest BCUT2D eigenvalue weighted by Crippen LogP contribution is 2.10. The van der Waals surface area contributed by atoms with Gasteiger partial charge in [0, 0.05) is 12.8 Å². The summed E-state index contributed by atoms with van der Waals surface area (Å²) in [6.45, 7) is 6.17. The highest BCUT2D eigenvalue weighted by atomic mass is 16.6. The molecule has 0 saturated heterocycles. The third-order valence-corrected chi connectivity index (χ3v) is 7.21. The summed E-state index contributed by atoms with van der Waals surface area (Å²) in [5.41, 5.74) is 0. The van der Waals surface area contributed by atoms with Crippen LogP contribution in [-0.4, -0.2) is 37.2 Å². The fourth-order valence-electron chi connectivity index (χ4n) is 4.46. The van der Waals surface area contributed by atoms with E-state index >= 15 is 0 Å². The first-order valence-electron chi connectivity index (χ1n) is 18.4. The number of carbonyl (C=O) groups is 3. The second-order valence-electron chi connectivity index (χ2n) is 11.7. The summed E-state index contributed by atoms with van der Waals surface area (Å²) in [4.78, 5) is 37.2. The Kier molecular flexibility index (Phi) is 33.3. The summed E-state index contributed by atoms with van der Waals surface area (Å²) in [7, 11) is 0. The molecule has 0 N–H and O–H groups in total. The molecular weight excluding hydrogens is 588 g/mol. The van der Waals surface area contributed by atoms with E-state index in [0.29, 0.717) is 12.8 Å². The largest absolute Gasteiger partial charge is 0.462 e. The van der Waals surface area contributed by atoms with Crippen molar-refractivity contribution in [2.45, 2.75) is 155 Å². The van der Waals surface area contributed by atoms with Crippen molar-refractivity contribution in [3.63, 3.8) is 0 Å². The third-order valence-electron chi connectivity index (χ3n) is 7.21. The third kappa shape index (κ3) is 34.0. The molecule has 6 heteroatoms. The lowest BCUT2D eigenvalue weighted by Crippen LogP contribution is -2.30. The molecule has 1 unspecified atom stereocenters. The molecule has 0 aliphatic rings. The van der Waals surface area contributed by atoms with Crippen molar-refractivity contribution in [2.24, 2.45) is 0 Å². The van der Waals surface area contributed by atoms with Crippen LogP contribution in [0.2, 0.25) is 0 Å². The lowest BCUT2D eigenvalue weighted by molar-refractivity contribution is -0.166. The van der Waals surface area contributed by atoms with Gasteiger partial charge in [-0.25, -0.2) is 0 Å². The Hall–Kier alpha value is -3.15. The zero-order chi connectivity index (χ0) is 34.5. The molecule has 1 atom stereocenters. The zero-order valence-corrected chi connectivity index (χ0v) is 30.0. The van der Waals surface area contributed by atoms with Gasteiger partial charge in [0.15, 0.2) is 6.10 Å². The van der Waals surface area contributed by atoms with Crippen LogP contribution >= 0.6 is 0 Å². The highest BCUT2D eigenvalue weighted by molar-refractivity contribution is 5.72. The normalized spacial score (nSPS) is 12.8. The van der Waals surface area contributed by atoms with Crippen molar-refractivity contribution in [3.8, 4) is 0 Å². The van der Waals surface area contributed by atoms with E-state index in [0.717, 1.165) is 83.5 Å². The van der Waals surface area contributed by atoms with Gasteiger partial charge in [-0.05, 0) is 77.0 Å². The Morgan fingerprint density at radius 1 is 0.468 bits per heavy atom. The molecule has 0 aromatic carbocycles. The van der Waals surface area contributed by atoms with E-state index in [2.05, 4.69) is 81.5 Å². The van der Waals surface area contributed by atoms with Crippen LogP contribution in [0.1, 0.15) is 149 Å². The first-order valence-corrected chi connectivity index (χ1v) is 18.4. The number of unbranched alkanes of at least 4 members (excludes halogenated alkanes) is 9. The maximum atomic E-state index is 12.5. The summed E-state index contributed by atoms with van der Waals surface area (Å²) in [5, 5.41) is 0. The quantitative estimate of drug-likeness (QED) is 0.0320. The van der Waals surface area contributed by atoms with Crippen molar-refractivity contribution in [1.82, 2.24) is 0 Å². The molecule has 0 saturated carbocycles. The van der Waals surface area contributed by atoms with E-state index in [1.807, 2.05) is 6.08 Å². The minimum absolute atomic E-state index is 0.0955. The lowest BCUT2D eigenvalue weighted by Gasteiger charge is -2.18. The Balaban J connectivity index is 4.54. The molecular formula is C41H66O6. The monoisotopic (exact) mass is 654 g/mol. The minimum Gasteiger partial charge on any atom is -0.462 e. The van der Waals surface area contributed by atoms with Gasteiger partial charge in [-0.15, -0.1) is 0 Å². The molecule has 0 heterocycles. The van der Waals surface area contributed by atoms with Gasteiger partial charge in [0.05, 0.1) is 6.42 Å². The summed E-state index contributed by atoms with van der Waals surface area (Å²) < 4.78 is 16.4. The first-order chi connectivity index (χ1) is 23.0. The van der Waals surface area contributed by atoms with Crippen molar-refractivity contribution in [2.75, 3.05) is 13.2 Å². The molecule has 0 aromatic heterocycles. The van der Waals surface area contributed by atoms with Gasteiger partial charge in [0.25, 0.3) is 0 Å². The van der Waals surface area contributed by atoms with Gasteiger partial charge in [0.1, 0.15) is 13.2 Å². The van der Waals surface area contributed by atoms with Crippen molar-refractivity contribution in [3.05, 3.63) is 72.9 Å². The number of hydrogen-bond acceptors (Lipinski definition) is 6. The van der Waals surface area contributed by atoms with E-state index in [4.69, 9.17) is 14.2 Å². The number of ether oxygens (including phenoxy) is 3. The second-order valence-corrected chi connectivity index (χ2v) is 11.7. The number of carbonyl (C=O) groups excluding carboxylic acids is 3. The average Bonchev–Trinajstić information content (AvgIpc) is 3.06. The fraction of sp³-hybridized carbons (Fsp3) is 0.634. The van der Waals surface area contributed by atoms with Crippen molar-refractivity contribution >= 4 is 17.9 Å². The Morgan fingerprint density at radius 3 is 1.47 bits per heavy atom. The predicted octanol–water partition coefficient (Wildman–Crippen LogP) is 11.2. The van der Waals surface area contributed by atoms with Gasteiger partial charge in [-0.2, -0.15) is 0 Å². The molecule has 6 nitrogen and oxygen atoms in total. The van der Waals surface area contributed by atoms with Crippen LogP contribution in [0.15, 0.2) is 72.9 Å². The molecule has 0 aromatic rings. The molecule has 0 aliphatic carbocycles. The Bertz CT molecular complexity index is 940. The van der Waals surface area contributed by atoms with Gasteiger partial charge >= 0.3 is 17.9 Å². The fourth-order valence-corrected chi connectivity index (χ4v) is 4.46. The molecule has 0 fully saturated rings. The number of esters is 3. The van der Waals surface area contributed by atoms with Crippen LogP contribution in [0.3, 0.4) is 0 Å². The molecule has 47 heavy (non-hydrogen) atoms. The first kappa shape index (κ1) is 43.9. The Labute approximate surface area is 287 Å². The second kappa shape index (κ2) is 35.7. The molecule has 0 rings (SSSR count). The maximum Gasteiger partial charge on any atom is 0.310 e. The van der Waals surface area contributed by atoms with Gasteiger partial charge in [-0.1, -0.05) is 126 Å². The number of allylic oxidation sites excluding steroid dienone is 11. The predicted molar refractivity (Wildman–Crippen MR) is 196 cm³/mol. The zero-order valence-electron chi connectivity index (χ0n) is 30.0. The Morgan fingerprint density at radius 2 is 0.894 bits per heavy atom. The molecule has 0 amide bonds. The lowest BCUT2D eigenvalue weighted by atomic mass is 10.1. The van der Waals surface area contributed by atoms with Crippen LogP contribution < -0.4 is 0 Å². The van der Waals surface area contributed by atoms with Crippen LogP contribution in [0, 0.1) is 0 Å².